The standard InChI is InChI=1S/C13H17NO3/c1-9-6-10(11(15)8-14-2)7-12-13(9)17-5-3-4-16-12/h6-7,14H,3-5,8H2,1-2H3. The van der Waals surface area contributed by atoms with Crippen molar-refractivity contribution in [1.29, 1.82) is 0 Å². The fourth-order valence-corrected chi connectivity index (χ4v) is 1.87. The van der Waals surface area contributed by atoms with Crippen LogP contribution in [0.15, 0.2) is 12.1 Å². The van der Waals surface area contributed by atoms with E-state index in [0.717, 1.165) is 17.7 Å². The molecule has 1 aromatic carbocycles. The molecule has 0 bridgehead atoms. The number of hydrogen-bond donors (Lipinski definition) is 1. The van der Waals surface area contributed by atoms with Gasteiger partial charge in [-0.15, -0.1) is 0 Å². The van der Waals surface area contributed by atoms with E-state index >= 15 is 0 Å². The number of rotatable bonds is 3. The summed E-state index contributed by atoms with van der Waals surface area (Å²) in [6, 6.07) is 3.63. The predicted octanol–water partition coefficient (Wildman–Crippen LogP) is 1.56. The van der Waals surface area contributed by atoms with Crippen molar-refractivity contribution >= 4 is 5.78 Å². The summed E-state index contributed by atoms with van der Waals surface area (Å²) < 4.78 is 11.2. The Hall–Kier alpha value is -1.55. The Kier molecular flexibility index (Phi) is 3.64. The molecule has 0 fully saturated rings. The van der Waals surface area contributed by atoms with Crippen LogP contribution in [-0.2, 0) is 0 Å². The van der Waals surface area contributed by atoms with E-state index in [1.165, 1.54) is 0 Å². The third kappa shape index (κ3) is 2.58. The third-order valence-corrected chi connectivity index (χ3v) is 2.69. The van der Waals surface area contributed by atoms with Gasteiger partial charge in [-0.2, -0.15) is 0 Å². The summed E-state index contributed by atoms with van der Waals surface area (Å²) in [5.74, 6) is 1.51. The highest BCUT2D eigenvalue weighted by atomic mass is 16.5. The van der Waals surface area contributed by atoms with Crippen LogP contribution < -0.4 is 14.8 Å². The molecule has 0 spiro atoms. The maximum Gasteiger partial charge on any atom is 0.176 e. The molecule has 4 heteroatoms. The van der Waals surface area contributed by atoms with E-state index in [4.69, 9.17) is 9.47 Å². The number of Topliss-reactive ketones (excluding diaryl/α,β-unsaturated/α-hetero) is 1. The first-order chi connectivity index (χ1) is 8.22. The highest BCUT2D eigenvalue weighted by Crippen LogP contribution is 2.34. The summed E-state index contributed by atoms with van der Waals surface area (Å²) in [5.41, 5.74) is 1.62. The van der Waals surface area contributed by atoms with E-state index in [-0.39, 0.29) is 5.78 Å². The molecule has 0 aliphatic carbocycles. The first-order valence-corrected chi connectivity index (χ1v) is 5.80. The number of ketones is 1. The zero-order valence-electron chi connectivity index (χ0n) is 10.2. The Bertz CT molecular complexity index is 429. The van der Waals surface area contributed by atoms with Crippen LogP contribution in [0.2, 0.25) is 0 Å². The minimum atomic E-state index is 0.0613. The number of likely N-dealkylation sites (N-methyl/N-ethyl adjacent to an activating group) is 1. The highest BCUT2D eigenvalue weighted by molar-refractivity contribution is 5.98. The average Bonchev–Trinajstić information content (AvgIpc) is 2.54. The lowest BCUT2D eigenvalue weighted by molar-refractivity contribution is 0.0993. The molecular formula is C13H17NO3. The Morgan fingerprint density at radius 2 is 2.12 bits per heavy atom. The van der Waals surface area contributed by atoms with Crippen LogP contribution in [0.5, 0.6) is 11.5 Å². The van der Waals surface area contributed by atoms with Gasteiger partial charge < -0.3 is 14.8 Å². The number of fused-ring (bicyclic) bond motifs is 1. The molecular weight excluding hydrogens is 218 g/mol. The number of carbonyl (C=O) groups excluding carboxylic acids is 1. The first kappa shape index (κ1) is 11.9. The van der Waals surface area contributed by atoms with Crippen LogP contribution in [0.1, 0.15) is 22.3 Å². The van der Waals surface area contributed by atoms with Gasteiger partial charge in [0, 0.05) is 12.0 Å². The van der Waals surface area contributed by atoms with E-state index < -0.39 is 0 Å². The van der Waals surface area contributed by atoms with Crippen molar-refractivity contribution in [3.8, 4) is 11.5 Å². The van der Waals surface area contributed by atoms with Gasteiger partial charge in [0.2, 0.25) is 0 Å². The Morgan fingerprint density at radius 3 is 2.88 bits per heavy atom. The van der Waals surface area contributed by atoms with E-state index in [2.05, 4.69) is 5.32 Å². The lowest BCUT2D eigenvalue weighted by atomic mass is 10.1. The van der Waals surface area contributed by atoms with E-state index in [1.54, 1.807) is 13.1 Å². The van der Waals surface area contributed by atoms with Crippen molar-refractivity contribution in [2.45, 2.75) is 13.3 Å². The van der Waals surface area contributed by atoms with Gasteiger partial charge in [0.15, 0.2) is 17.3 Å². The smallest absolute Gasteiger partial charge is 0.176 e. The van der Waals surface area contributed by atoms with Gasteiger partial charge in [0.05, 0.1) is 19.8 Å². The average molecular weight is 235 g/mol. The minimum Gasteiger partial charge on any atom is -0.490 e. The highest BCUT2D eigenvalue weighted by Gasteiger charge is 2.16. The third-order valence-electron chi connectivity index (χ3n) is 2.69. The number of aryl methyl sites for hydroxylation is 1. The minimum absolute atomic E-state index is 0.0613. The van der Waals surface area contributed by atoms with Crippen LogP contribution >= 0.6 is 0 Å². The molecule has 0 saturated heterocycles. The lowest BCUT2D eigenvalue weighted by Gasteiger charge is -2.12. The molecule has 0 aromatic heterocycles. The van der Waals surface area contributed by atoms with Crippen LogP contribution in [0, 0.1) is 6.92 Å². The molecule has 1 aliphatic rings. The molecule has 0 atom stereocenters. The topological polar surface area (TPSA) is 47.6 Å². The van der Waals surface area contributed by atoms with Gasteiger partial charge >= 0.3 is 0 Å². The summed E-state index contributed by atoms with van der Waals surface area (Å²) in [6.45, 7) is 3.57. The van der Waals surface area contributed by atoms with Crippen molar-refractivity contribution in [1.82, 2.24) is 5.32 Å². The van der Waals surface area contributed by atoms with Crippen molar-refractivity contribution in [3.05, 3.63) is 23.3 Å². The Morgan fingerprint density at radius 1 is 1.35 bits per heavy atom. The van der Waals surface area contributed by atoms with Gasteiger partial charge in [-0.05, 0) is 31.7 Å². The zero-order chi connectivity index (χ0) is 12.3. The summed E-state index contributed by atoms with van der Waals surface area (Å²) in [4.78, 5) is 11.8. The second-order valence-corrected chi connectivity index (χ2v) is 4.12. The molecule has 17 heavy (non-hydrogen) atoms. The summed E-state index contributed by atoms with van der Waals surface area (Å²) in [6.07, 6.45) is 0.869. The Labute approximate surface area is 101 Å². The molecule has 92 valence electrons. The zero-order valence-corrected chi connectivity index (χ0v) is 10.2. The summed E-state index contributed by atoms with van der Waals surface area (Å²) in [7, 11) is 1.76. The molecule has 1 heterocycles. The maximum absolute atomic E-state index is 11.8. The molecule has 2 rings (SSSR count). The molecule has 4 nitrogen and oxygen atoms in total. The molecule has 0 amide bonds. The molecule has 0 unspecified atom stereocenters. The molecule has 1 aromatic rings. The van der Waals surface area contributed by atoms with Crippen LogP contribution in [0.4, 0.5) is 0 Å². The van der Waals surface area contributed by atoms with Crippen LogP contribution in [0.3, 0.4) is 0 Å². The number of ether oxygens (including phenoxy) is 2. The number of benzene rings is 1. The largest absolute Gasteiger partial charge is 0.490 e. The lowest BCUT2D eigenvalue weighted by Crippen LogP contribution is -2.18. The van der Waals surface area contributed by atoms with Gasteiger partial charge in [0.25, 0.3) is 0 Å². The van der Waals surface area contributed by atoms with Gasteiger partial charge in [-0.25, -0.2) is 0 Å². The molecule has 0 saturated carbocycles. The van der Waals surface area contributed by atoms with Crippen molar-refractivity contribution in [2.75, 3.05) is 26.8 Å². The number of hydrogen-bond acceptors (Lipinski definition) is 4. The van der Waals surface area contributed by atoms with Crippen LogP contribution in [-0.4, -0.2) is 32.6 Å². The summed E-state index contributed by atoms with van der Waals surface area (Å²) in [5, 5.41) is 2.86. The normalized spacial score (nSPS) is 14.2. The quantitative estimate of drug-likeness (QED) is 0.808. The Balaban J connectivity index is 2.35. The molecule has 0 radical (unpaired) electrons. The fraction of sp³-hybridized carbons (Fsp3) is 0.462. The van der Waals surface area contributed by atoms with Crippen molar-refractivity contribution in [3.63, 3.8) is 0 Å². The van der Waals surface area contributed by atoms with E-state index in [0.29, 0.717) is 31.1 Å². The second-order valence-electron chi connectivity index (χ2n) is 4.12. The van der Waals surface area contributed by atoms with Gasteiger partial charge in [-0.1, -0.05) is 0 Å². The fourth-order valence-electron chi connectivity index (χ4n) is 1.87. The SMILES string of the molecule is CNCC(=O)c1cc(C)c2c(c1)OCCCO2. The molecule has 1 N–H and O–H groups in total. The maximum atomic E-state index is 11.8. The second kappa shape index (κ2) is 5.19. The van der Waals surface area contributed by atoms with Crippen molar-refractivity contribution < 1.29 is 14.3 Å². The number of carbonyl (C=O) groups is 1. The molecule has 1 aliphatic heterocycles. The van der Waals surface area contributed by atoms with Crippen LogP contribution in [0.25, 0.3) is 0 Å². The first-order valence-electron chi connectivity index (χ1n) is 5.80. The van der Waals surface area contributed by atoms with E-state index in [1.807, 2.05) is 13.0 Å². The monoisotopic (exact) mass is 235 g/mol. The predicted molar refractivity (Wildman–Crippen MR) is 65.0 cm³/mol. The number of nitrogens with one attached hydrogen (secondary N) is 1. The van der Waals surface area contributed by atoms with Gasteiger partial charge in [-0.3, -0.25) is 4.79 Å². The summed E-state index contributed by atoms with van der Waals surface area (Å²) >= 11 is 0. The van der Waals surface area contributed by atoms with E-state index in [9.17, 15) is 4.79 Å². The van der Waals surface area contributed by atoms with Gasteiger partial charge in [0.1, 0.15) is 0 Å². The van der Waals surface area contributed by atoms with Crippen molar-refractivity contribution in [2.24, 2.45) is 0 Å².